The van der Waals surface area contributed by atoms with E-state index in [1.807, 2.05) is 18.7 Å². The summed E-state index contributed by atoms with van der Waals surface area (Å²) < 4.78 is 13.0. The highest BCUT2D eigenvalue weighted by atomic mass is 16.5. The van der Waals surface area contributed by atoms with Gasteiger partial charge in [-0.3, -0.25) is 9.58 Å². The standard InChI is InChI=1S/C17H25N5O2/c1-11-6-14(21(2)19-11)8-22-7-13(10-23-3)15(9-22)17-18-16(20-24-17)12-4-5-12/h6,12-13,15H,4-5,7-10H2,1-3H3/t13-,15+/m0/s1. The van der Waals surface area contributed by atoms with Crippen LogP contribution in [0.25, 0.3) is 0 Å². The quantitative estimate of drug-likeness (QED) is 0.805. The van der Waals surface area contributed by atoms with Crippen molar-refractivity contribution in [3.05, 3.63) is 29.2 Å². The zero-order valence-electron chi connectivity index (χ0n) is 14.6. The Balaban J connectivity index is 1.49. The van der Waals surface area contributed by atoms with Gasteiger partial charge in [0.1, 0.15) is 0 Å². The second kappa shape index (κ2) is 6.29. The highest BCUT2D eigenvalue weighted by Crippen LogP contribution is 2.40. The monoisotopic (exact) mass is 331 g/mol. The molecule has 7 heteroatoms. The molecular formula is C17H25N5O2. The van der Waals surface area contributed by atoms with Crippen molar-refractivity contribution in [3.8, 4) is 0 Å². The minimum atomic E-state index is 0.249. The third-order valence-corrected chi connectivity index (χ3v) is 5.10. The van der Waals surface area contributed by atoms with E-state index >= 15 is 0 Å². The maximum absolute atomic E-state index is 5.59. The van der Waals surface area contributed by atoms with Crippen molar-refractivity contribution in [1.29, 1.82) is 0 Å². The third kappa shape index (κ3) is 3.10. The molecule has 0 bridgehead atoms. The molecule has 2 aromatic rings. The minimum absolute atomic E-state index is 0.249. The molecule has 3 heterocycles. The van der Waals surface area contributed by atoms with Gasteiger partial charge in [-0.15, -0.1) is 0 Å². The smallest absolute Gasteiger partial charge is 0.231 e. The van der Waals surface area contributed by atoms with Crippen LogP contribution in [0.5, 0.6) is 0 Å². The highest BCUT2D eigenvalue weighted by molar-refractivity contribution is 5.11. The van der Waals surface area contributed by atoms with Crippen LogP contribution in [0, 0.1) is 12.8 Å². The summed E-state index contributed by atoms with van der Waals surface area (Å²) in [7, 11) is 3.76. The van der Waals surface area contributed by atoms with E-state index in [2.05, 4.69) is 26.2 Å². The van der Waals surface area contributed by atoms with Crippen molar-refractivity contribution in [2.75, 3.05) is 26.8 Å². The van der Waals surface area contributed by atoms with Gasteiger partial charge in [0.2, 0.25) is 5.89 Å². The predicted molar refractivity (Wildman–Crippen MR) is 87.6 cm³/mol. The van der Waals surface area contributed by atoms with E-state index in [1.54, 1.807) is 7.11 Å². The number of hydrogen-bond acceptors (Lipinski definition) is 6. The van der Waals surface area contributed by atoms with Crippen LogP contribution >= 0.6 is 0 Å². The second-order valence-electron chi connectivity index (χ2n) is 7.18. The summed E-state index contributed by atoms with van der Waals surface area (Å²) in [5.41, 5.74) is 2.29. The SMILES string of the molecule is COC[C@@H]1CN(Cc2cc(C)nn2C)C[C@H]1c1nc(C2CC2)no1. The first kappa shape index (κ1) is 15.8. The summed E-state index contributed by atoms with van der Waals surface area (Å²) in [6.45, 7) is 5.53. The third-order valence-electron chi connectivity index (χ3n) is 5.10. The Labute approximate surface area is 142 Å². The molecule has 2 fully saturated rings. The van der Waals surface area contributed by atoms with Crippen molar-refractivity contribution < 1.29 is 9.26 Å². The molecule has 24 heavy (non-hydrogen) atoms. The van der Waals surface area contributed by atoms with E-state index in [0.717, 1.165) is 37.0 Å². The molecule has 1 saturated carbocycles. The van der Waals surface area contributed by atoms with Crippen LogP contribution in [0.1, 0.15) is 47.8 Å². The Kier molecular flexibility index (Phi) is 4.14. The van der Waals surface area contributed by atoms with Gasteiger partial charge in [-0.2, -0.15) is 10.1 Å². The number of ether oxygens (including phenoxy) is 1. The molecular weight excluding hydrogens is 306 g/mol. The molecule has 0 aromatic carbocycles. The molecule has 1 aliphatic carbocycles. The average molecular weight is 331 g/mol. The van der Waals surface area contributed by atoms with Gasteiger partial charge < -0.3 is 9.26 Å². The summed E-state index contributed by atoms with van der Waals surface area (Å²) in [4.78, 5) is 7.11. The minimum Gasteiger partial charge on any atom is -0.384 e. The molecule has 0 unspecified atom stereocenters. The second-order valence-corrected chi connectivity index (χ2v) is 7.18. The molecule has 0 amide bonds. The zero-order chi connectivity index (χ0) is 16.7. The molecule has 2 aliphatic rings. The Morgan fingerprint density at radius 2 is 2.17 bits per heavy atom. The molecule has 1 saturated heterocycles. The molecule has 2 atom stereocenters. The Morgan fingerprint density at radius 3 is 2.83 bits per heavy atom. The van der Waals surface area contributed by atoms with E-state index in [-0.39, 0.29) is 5.92 Å². The normalized spacial score (nSPS) is 24.8. The fraction of sp³-hybridized carbons (Fsp3) is 0.706. The molecule has 4 rings (SSSR count). The van der Waals surface area contributed by atoms with Crippen molar-refractivity contribution >= 4 is 0 Å². The molecule has 7 nitrogen and oxygen atoms in total. The maximum Gasteiger partial charge on any atom is 0.231 e. The van der Waals surface area contributed by atoms with Gasteiger partial charge in [0.05, 0.1) is 23.9 Å². The number of methoxy groups -OCH3 is 1. The van der Waals surface area contributed by atoms with Gasteiger partial charge in [0.25, 0.3) is 0 Å². The van der Waals surface area contributed by atoms with E-state index in [0.29, 0.717) is 18.4 Å². The van der Waals surface area contributed by atoms with Gasteiger partial charge in [-0.1, -0.05) is 5.16 Å². The maximum atomic E-state index is 5.59. The van der Waals surface area contributed by atoms with E-state index in [1.165, 1.54) is 18.5 Å². The first-order chi connectivity index (χ1) is 11.6. The lowest BCUT2D eigenvalue weighted by Gasteiger charge is -2.15. The summed E-state index contributed by atoms with van der Waals surface area (Å²) >= 11 is 0. The number of nitrogens with zero attached hydrogens (tertiary/aromatic N) is 5. The highest BCUT2D eigenvalue weighted by Gasteiger charge is 2.39. The molecule has 2 aromatic heterocycles. The lowest BCUT2D eigenvalue weighted by atomic mass is 9.97. The summed E-state index contributed by atoms with van der Waals surface area (Å²) in [6.07, 6.45) is 2.38. The van der Waals surface area contributed by atoms with Crippen molar-refractivity contribution in [3.63, 3.8) is 0 Å². The largest absolute Gasteiger partial charge is 0.384 e. The van der Waals surface area contributed by atoms with Crippen LogP contribution < -0.4 is 0 Å². The van der Waals surface area contributed by atoms with Crippen LogP contribution in [0.3, 0.4) is 0 Å². The van der Waals surface area contributed by atoms with E-state index < -0.39 is 0 Å². The summed E-state index contributed by atoms with van der Waals surface area (Å²) in [5.74, 6) is 2.83. The number of hydrogen-bond donors (Lipinski definition) is 0. The molecule has 0 radical (unpaired) electrons. The van der Waals surface area contributed by atoms with Crippen LogP contribution in [-0.4, -0.2) is 51.6 Å². The van der Waals surface area contributed by atoms with Gasteiger partial charge in [0, 0.05) is 45.6 Å². The van der Waals surface area contributed by atoms with Gasteiger partial charge in [-0.05, 0) is 25.8 Å². The van der Waals surface area contributed by atoms with Crippen molar-refractivity contribution in [1.82, 2.24) is 24.8 Å². The molecule has 0 N–H and O–H groups in total. The number of aromatic nitrogens is 4. The number of rotatable bonds is 6. The summed E-state index contributed by atoms with van der Waals surface area (Å²) in [5, 5.41) is 8.62. The van der Waals surface area contributed by atoms with Gasteiger partial charge in [-0.25, -0.2) is 0 Å². The van der Waals surface area contributed by atoms with Crippen molar-refractivity contribution in [2.45, 2.75) is 38.1 Å². The summed E-state index contributed by atoms with van der Waals surface area (Å²) in [6, 6.07) is 2.15. The first-order valence-corrected chi connectivity index (χ1v) is 8.68. The predicted octanol–water partition coefficient (Wildman–Crippen LogP) is 1.85. The fourth-order valence-electron chi connectivity index (χ4n) is 3.70. The first-order valence-electron chi connectivity index (χ1n) is 8.68. The Morgan fingerprint density at radius 1 is 1.33 bits per heavy atom. The van der Waals surface area contributed by atoms with Gasteiger partial charge in [0.15, 0.2) is 5.82 Å². The topological polar surface area (TPSA) is 69.2 Å². The van der Waals surface area contributed by atoms with Crippen molar-refractivity contribution in [2.24, 2.45) is 13.0 Å². The van der Waals surface area contributed by atoms with Crippen LogP contribution in [0.4, 0.5) is 0 Å². The number of likely N-dealkylation sites (tertiary alicyclic amines) is 1. The molecule has 0 spiro atoms. The lowest BCUT2D eigenvalue weighted by Crippen LogP contribution is -2.22. The average Bonchev–Trinajstić information content (AvgIpc) is 3.00. The lowest BCUT2D eigenvalue weighted by molar-refractivity contribution is 0.142. The van der Waals surface area contributed by atoms with E-state index in [9.17, 15) is 0 Å². The van der Waals surface area contributed by atoms with Crippen LogP contribution in [0.15, 0.2) is 10.6 Å². The Bertz CT molecular complexity index is 706. The zero-order valence-corrected chi connectivity index (χ0v) is 14.6. The van der Waals surface area contributed by atoms with Crippen LogP contribution in [-0.2, 0) is 18.3 Å². The van der Waals surface area contributed by atoms with Gasteiger partial charge >= 0.3 is 0 Å². The number of aryl methyl sites for hydroxylation is 2. The molecule has 1 aliphatic heterocycles. The Hall–Kier alpha value is -1.73. The molecule has 130 valence electrons. The van der Waals surface area contributed by atoms with Crippen LogP contribution in [0.2, 0.25) is 0 Å². The fourth-order valence-corrected chi connectivity index (χ4v) is 3.70. The van der Waals surface area contributed by atoms with E-state index in [4.69, 9.17) is 9.26 Å².